The molecule has 16 nitrogen and oxygen atoms in total. The molecule has 1 aromatic carbocycles. The van der Waals surface area contributed by atoms with E-state index < -0.39 is 79.9 Å². The molecule has 1 saturated heterocycles. The van der Waals surface area contributed by atoms with Crippen molar-refractivity contribution in [1.29, 1.82) is 0 Å². The quantitative estimate of drug-likeness (QED) is 0.344. The molecule has 3 fully saturated rings. The normalized spacial score (nSPS) is 30.4. The van der Waals surface area contributed by atoms with Gasteiger partial charge in [-0.3, -0.25) is 19.1 Å². The van der Waals surface area contributed by atoms with Gasteiger partial charge in [0.25, 0.3) is 5.91 Å². The highest BCUT2D eigenvalue weighted by Gasteiger charge is 2.63. The zero-order chi connectivity index (χ0) is 40.9. The molecule has 0 spiro atoms. The standard InChI is InChI=1S/C40H53N5O11S/c1-7-29-31(42-37(49)56-38(3,4)5)35(47)45-22-25(55-34-27-12-13-30-32(53-19-18-52-30)26(27)14-17-41-34)20-28(45)33(46)43-40(21-24(40)11-9-8-10-23(2)54-29)36(48)44-57(50,51)39(6)15-16-39/h9,11-14,17,23-25,28-29,31H,7-8,10,15-16,18-22H2,1-6H3,(H,42,49)(H,43,46)(H,44,48)/b11-9-/t23-,24?,25-,28+,29+,31+,40-/m1/s1. The summed E-state index contributed by atoms with van der Waals surface area (Å²) in [7, 11) is -4.02. The highest BCUT2D eigenvalue weighted by atomic mass is 32.2. The van der Waals surface area contributed by atoms with E-state index in [0.29, 0.717) is 67.6 Å². The van der Waals surface area contributed by atoms with Gasteiger partial charge < -0.3 is 39.2 Å². The van der Waals surface area contributed by atoms with E-state index in [9.17, 15) is 27.6 Å². The number of aromatic nitrogens is 1. The lowest BCUT2D eigenvalue weighted by molar-refractivity contribution is -0.145. The number of carbonyl (C=O) groups is 4. The van der Waals surface area contributed by atoms with Crippen LogP contribution in [0.25, 0.3) is 10.8 Å². The number of benzene rings is 1. The van der Waals surface area contributed by atoms with Gasteiger partial charge in [-0.05, 0) is 91.3 Å². The molecule has 2 aromatic rings. The number of nitrogens with zero attached hydrogens (tertiary/aromatic N) is 2. The molecule has 1 aromatic heterocycles. The molecule has 3 aliphatic heterocycles. The SMILES string of the molecule is CC[C@@H]1O[C@H](C)CC/C=C\C2C[C@@]2(C(=O)NS(=O)(=O)C2(C)CC2)NC(=O)[C@@H]2C[C@@H](Oc3nccc4c5c(ccc34)OCCO5)CN2C(=O)[C@H]1NC(=O)OC(C)(C)C. The maximum Gasteiger partial charge on any atom is 0.408 e. The summed E-state index contributed by atoms with van der Waals surface area (Å²) in [4.78, 5) is 62.5. The minimum absolute atomic E-state index is 0.0119. The number of rotatable bonds is 7. The third-order valence-electron chi connectivity index (χ3n) is 11.4. The lowest BCUT2D eigenvalue weighted by atomic mass is 10.0. The van der Waals surface area contributed by atoms with E-state index in [2.05, 4.69) is 20.3 Å². The number of ether oxygens (including phenoxy) is 5. The molecular formula is C40H53N5O11S. The molecule has 2 saturated carbocycles. The Morgan fingerprint density at radius 2 is 1.86 bits per heavy atom. The zero-order valence-corrected chi connectivity index (χ0v) is 34.1. The molecule has 17 heteroatoms. The summed E-state index contributed by atoms with van der Waals surface area (Å²) in [6.07, 6.45) is 4.97. The molecule has 310 valence electrons. The molecule has 2 aliphatic carbocycles. The van der Waals surface area contributed by atoms with Crippen LogP contribution in [0.1, 0.15) is 86.5 Å². The Bertz CT molecular complexity index is 2070. The number of hydrogen-bond donors (Lipinski definition) is 3. The Balaban J connectivity index is 1.24. The van der Waals surface area contributed by atoms with Gasteiger partial charge in [-0.15, -0.1) is 0 Å². The van der Waals surface area contributed by atoms with Crippen molar-refractivity contribution in [2.45, 2.75) is 133 Å². The van der Waals surface area contributed by atoms with Gasteiger partial charge in [0.15, 0.2) is 11.5 Å². The topological polar surface area (TPSA) is 201 Å². The van der Waals surface area contributed by atoms with Crippen molar-refractivity contribution in [3.8, 4) is 17.4 Å². The Kier molecular flexibility index (Phi) is 10.9. The largest absolute Gasteiger partial charge is 0.486 e. The first-order valence-corrected chi connectivity index (χ1v) is 21.3. The fourth-order valence-corrected chi connectivity index (χ4v) is 9.04. The van der Waals surface area contributed by atoms with E-state index in [4.69, 9.17) is 23.7 Å². The monoisotopic (exact) mass is 811 g/mol. The van der Waals surface area contributed by atoms with Crippen LogP contribution in [0.3, 0.4) is 0 Å². The smallest absolute Gasteiger partial charge is 0.408 e. The van der Waals surface area contributed by atoms with Crippen LogP contribution < -0.4 is 29.6 Å². The highest BCUT2D eigenvalue weighted by Crippen LogP contribution is 2.48. The first-order chi connectivity index (χ1) is 26.9. The van der Waals surface area contributed by atoms with Crippen molar-refractivity contribution >= 4 is 44.6 Å². The number of hydrogen-bond acceptors (Lipinski definition) is 12. The second-order valence-corrected chi connectivity index (χ2v) is 19.2. The van der Waals surface area contributed by atoms with Crippen LogP contribution in [0.4, 0.5) is 4.79 Å². The first kappa shape index (κ1) is 40.6. The lowest BCUT2D eigenvalue weighted by Crippen LogP contribution is -2.60. The van der Waals surface area contributed by atoms with E-state index in [0.717, 1.165) is 0 Å². The average Bonchev–Trinajstić information content (AvgIpc) is 4.03. The van der Waals surface area contributed by atoms with E-state index in [1.807, 2.05) is 32.1 Å². The number of alkyl carbamates (subject to hydrolysis) is 1. The summed E-state index contributed by atoms with van der Waals surface area (Å²) in [6, 6.07) is 2.91. The van der Waals surface area contributed by atoms with E-state index >= 15 is 0 Å². The molecule has 57 heavy (non-hydrogen) atoms. The summed E-state index contributed by atoms with van der Waals surface area (Å²) in [6.45, 7) is 11.1. The van der Waals surface area contributed by atoms with Crippen molar-refractivity contribution in [3.63, 3.8) is 0 Å². The van der Waals surface area contributed by atoms with Crippen LogP contribution in [-0.4, -0.2) is 108 Å². The van der Waals surface area contributed by atoms with E-state index in [-0.39, 0.29) is 31.4 Å². The average molecular weight is 812 g/mol. The summed E-state index contributed by atoms with van der Waals surface area (Å²) >= 11 is 0. The predicted molar refractivity (Wildman–Crippen MR) is 207 cm³/mol. The van der Waals surface area contributed by atoms with Gasteiger partial charge in [-0.1, -0.05) is 19.1 Å². The van der Waals surface area contributed by atoms with Crippen LogP contribution in [0.5, 0.6) is 17.4 Å². The lowest BCUT2D eigenvalue weighted by Gasteiger charge is -2.34. The van der Waals surface area contributed by atoms with Gasteiger partial charge in [0.05, 0.1) is 23.5 Å². The highest BCUT2D eigenvalue weighted by molar-refractivity contribution is 7.91. The number of sulfonamides is 1. The van der Waals surface area contributed by atoms with E-state index in [1.165, 1.54) is 4.90 Å². The summed E-state index contributed by atoms with van der Waals surface area (Å²) in [5.41, 5.74) is -2.44. The van der Waals surface area contributed by atoms with Crippen LogP contribution in [0.15, 0.2) is 36.5 Å². The molecule has 4 amide bonds. The zero-order valence-electron chi connectivity index (χ0n) is 33.3. The number of allylic oxidation sites excluding steroid dienone is 1. The van der Waals surface area contributed by atoms with Gasteiger partial charge in [0, 0.05) is 29.3 Å². The Morgan fingerprint density at radius 3 is 2.58 bits per heavy atom. The maximum absolute atomic E-state index is 14.9. The van der Waals surface area contributed by atoms with Crippen molar-refractivity contribution in [3.05, 3.63) is 36.5 Å². The second-order valence-electron chi connectivity index (χ2n) is 17.0. The Morgan fingerprint density at radius 1 is 1.11 bits per heavy atom. The first-order valence-electron chi connectivity index (χ1n) is 19.8. The van der Waals surface area contributed by atoms with Crippen molar-refractivity contribution < 1.29 is 51.3 Å². The molecule has 0 bridgehead atoms. The predicted octanol–water partition coefficient (Wildman–Crippen LogP) is 3.65. The second kappa shape index (κ2) is 15.3. The Hall–Kier alpha value is -4.64. The minimum Gasteiger partial charge on any atom is -0.486 e. The van der Waals surface area contributed by atoms with E-state index in [1.54, 1.807) is 46.0 Å². The van der Waals surface area contributed by atoms with Crippen LogP contribution in [-0.2, 0) is 33.9 Å². The van der Waals surface area contributed by atoms with Crippen molar-refractivity contribution in [2.75, 3.05) is 19.8 Å². The molecule has 5 aliphatic rings. The van der Waals surface area contributed by atoms with Crippen molar-refractivity contribution in [1.82, 2.24) is 25.2 Å². The maximum atomic E-state index is 14.9. The number of fused-ring (bicyclic) bond motifs is 5. The summed E-state index contributed by atoms with van der Waals surface area (Å²) in [5.74, 6) is -1.20. The number of carbonyl (C=O) groups excluding carboxylic acids is 4. The molecule has 7 rings (SSSR count). The van der Waals surface area contributed by atoms with Crippen LogP contribution in [0.2, 0.25) is 0 Å². The third kappa shape index (κ3) is 8.36. The molecule has 1 unspecified atom stereocenters. The van der Waals surface area contributed by atoms with Gasteiger partial charge in [-0.25, -0.2) is 18.2 Å². The molecule has 4 heterocycles. The number of nitrogens with one attached hydrogen (secondary N) is 3. The molecule has 7 atom stereocenters. The summed E-state index contributed by atoms with van der Waals surface area (Å²) in [5, 5.41) is 6.98. The summed E-state index contributed by atoms with van der Waals surface area (Å²) < 4.78 is 57.8. The molecule has 0 radical (unpaired) electrons. The van der Waals surface area contributed by atoms with Gasteiger partial charge in [0.1, 0.15) is 42.5 Å². The van der Waals surface area contributed by atoms with Gasteiger partial charge in [-0.2, -0.15) is 0 Å². The number of amides is 4. The Labute approximate surface area is 332 Å². The van der Waals surface area contributed by atoms with Crippen LogP contribution in [0, 0.1) is 5.92 Å². The fourth-order valence-electron chi connectivity index (χ4n) is 7.73. The van der Waals surface area contributed by atoms with Gasteiger partial charge >= 0.3 is 6.09 Å². The number of pyridine rings is 1. The fraction of sp³-hybridized carbons (Fsp3) is 0.625. The molecule has 3 N–H and O–H groups in total. The minimum atomic E-state index is -4.02. The van der Waals surface area contributed by atoms with Crippen LogP contribution >= 0.6 is 0 Å². The third-order valence-corrected chi connectivity index (χ3v) is 13.5. The van der Waals surface area contributed by atoms with Gasteiger partial charge in [0.2, 0.25) is 27.7 Å². The molecular weight excluding hydrogens is 759 g/mol. The van der Waals surface area contributed by atoms with Crippen molar-refractivity contribution in [2.24, 2.45) is 5.92 Å².